The van der Waals surface area contributed by atoms with Crippen molar-refractivity contribution in [3.05, 3.63) is 98.5 Å². The highest BCUT2D eigenvalue weighted by Gasteiger charge is 2.46. The number of nitrogens with one attached hydrogen (secondary N) is 1. The highest BCUT2D eigenvalue weighted by molar-refractivity contribution is 6.35. The Morgan fingerprint density at radius 1 is 0.843 bits per heavy atom. The second-order valence-electron chi connectivity index (χ2n) is 19.7. The SMILES string of the molecule is Cc1nn(C)c(C)c1-c1c(Cl)ccc2c(CCCOc3cccc4c3CCCC4)c(C(=O)OC(C)(C)C)n(CCN3CCN(C(=O)COc4cccc5c4C(=O)N(C4CCC(=O)NC4=O)C5=O)CC3)c12. The normalized spacial score (nSPS) is 17.5. The smallest absolute Gasteiger partial charge is 0.355 e. The van der Waals surface area contributed by atoms with E-state index >= 15 is 0 Å². The molecule has 5 heterocycles. The average molecular weight is 975 g/mol. The molecular formula is C53H60ClN7O9. The minimum atomic E-state index is -1.12. The van der Waals surface area contributed by atoms with E-state index in [-0.39, 0.29) is 42.2 Å². The molecule has 17 heteroatoms. The number of ether oxygens (including phenoxy) is 3. The van der Waals surface area contributed by atoms with E-state index in [0.717, 1.165) is 68.9 Å². The number of aromatic nitrogens is 3. The Labute approximate surface area is 412 Å². The molecule has 16 nitrogen and oxygen atoms in total. The number of piperidine rings is 1. The number of amides is 5. The van der Waals surface area contributed by atoms with E-state index < -0.39 is 41.2 Å². The van der Waals surface area contributed by atoms with Gasteiger partial charge in [-0.25, -0.2) is 4.79 Å². The summed E-state index contributed by atoms with van der Waals surface area (Å²) in [6.45, 7) is 12.6. The number of imide groups is 2. The second-order valence-corrected chi connectivity index (χ2v) is 20.1. The van der Waals surface area contributed by atoms with Crippen LogP contribution in [0, 0.1) is 13.8 Å². The number of piperazine rings is 1. The lowest BCUT2D eigenvalue weighted by Crippen LogP contribution is -2.54. The highest BCUT2D eigenvalue weighted by Crippen LogP contribution is 2.43. The van der Waals surface area contributed by atoms with Crippen LogP contribution >= 0.6 is 11.6 Å². The van der Waals surface area contributed by atoms with Gasteiger partial charge < -0.3 is 23.7 Å². The van der Waals surface area contributed by atoms with Crippen LogP contribution in [-0.2, 0) is 52.0 Å². The van der Waals surface area contributed by atoms with Gasteiger partial charge in [-0.05, 0) is 121 Å². The highest BCUT2D eigenvalue weighted by atomic mass is 35.5. The third-order valence-corrected chi connectivity index (χ3v) is 14.3. The number of carbonyl (C=O) groups is 6. The number of fused-ring (bicyclic) bond motifs is 3. The summed E-state index contributed by atoms with van der Waals surface area (Å²) in [6.07, 6.45) is 5.65. The molecule has 5 amide bonds. The summed E-state index contributed by atoms with van der Waals surface area (Å²) in [5.74, 6) is -2.25. The quantitative estimate of drug-likeness (QED) is 0.0706. The maximum Gasteiger partial charge on any atom is 0.355 e. The topological polar surface area (TPSA) is 175 Å². The first-order valence-electron chi connectivity index (χ1n) is 24.3. The standard InChI is InChI=1S/C53H60ClN7O9/c1-31-44(32(2)57(6)56-31)46-38(54)20-19-36-35(16-11-29-68-40-17-9-13-33-12-7-8-14-34(33)40)48(52(67)70-53(3,4)5)60(47(36)46)28-25-58-23-26-59(27-24-58)43(63)30-69-41-18-10-15-37-45(41)51(66)61(50(37)65)39-21-22-42(62)55-49(39)64/h9-10,13,15,17-20,39H,7-8,11-12,14,16,21-30H2,1-6H3,(H,55,62,64). The van der Waals surface area contributed by atoms with Crippen LogP contribution in [0.2, 0.25) is 5.02 Å². The summed E-state index contributed by atoms with van der Waals surface area (Å²) in [5.41, 5.74) is 7.60. The van der Waals surface area contributed by atoms with Gasteiger partial charge in [-0.2, -0.15) is 5.10 Å². The maximum atomic E-state index is 14.6. The molecule has 0 saturated carbocycles. The van der Waals surface area contributed by atoms with Gasteiger partial charge in [0.15, 0.2) is 6.61 Å². The molecule has 5 aromatic rings. The largest absolute Gasteiger partial charge is 0.493 e. The minimum Gasteiger partial charge on any atom is -0.493 e. The first-order valence-corrected chi connectivity index (χ1v) is 24.7. The molecule has 3 aliphatic heterocycles. The van der Waals surface area contributed by atoms with E-state index in [9.17, 15) is 28.8 Å². The van der Waals surface area contributed by atoms with Crippen LogP contribution in [0.5, 0.6) is 11.5 Å². The molecular weight excluding hydrogens is 914 g/mol. The molecule has 2 aromatic heterocycles. The van der Waals surface area contributed by atoms with Crippen molar-refractivity contribution in [1.82, 2.24) is 34.4 Å². The van der Waals surface area contributed by atoms with Crippen LogP contribution in [0.3, 0.4) is 0 Å². The molecule has 4 aliphatic rings. The third kappa shape index (κ3) is 9.42. The zero-order valence-electron chi connectivity index (χ0n) is 40.7. The number of esters is 1. The summed E-state index contributed by atoms with van der Waals surface area (Å²) in [4.78, 5) is 84.4. The number of aryl methyl sites for hydroxylation is 4. The summed E-state index contributed by atoms with van der Waals surface area (Å²) in [6, 6.07) is 13.7. The van der Waals surface area contributed by atoms with Gasteiger partial charge in [-0.3, -0.25) is 43.8 Å². The molecule has 0 bridgehead atoms. The molecule has 1 N–H and O–H groups in total. The first-order chi connectivity index (χ1) is 33.5. The van der Waals surface area contributed by atoms with Crippen LogP contribution < -0.4 is 14.8 Å². The second kappa shape index (κ2) is 19.7. The molecule has 3 aromatic carbocycles. The molecule has 70 heavy (non-hydrogen) atoms. The van der Waals surface area contributed by atoms with Gasteiger partial charge in [0.05, 0.1) is 34.0 Å². The molecule has 1 aliphatic carbocycles. The summed E-state index contributed by atoms with van der Waals surface area (Å²) >= 11 is 7.21. The van der Waals surface area contributed by atoms with Gasteiger partial charge in [0.25, 0.3) is 17.7 Å². The number of hydrogen-bond donors (Lipinski definition) is 1. The van der Waals surface area contributed by atoms with Crippen LogP contribution in [0.25, 0.3) is 22.0 Å². The van der Waals surface area contributed by atoms with Crippen molar-refractivity contribution in [3.8, 4) is 22.6 Å². The Morgan fingerprint density at radius 2 is 1.59 bits per heavy atom. The summed E-state index contributed by atoms with van der Waals surface area (Å²) in [7, 11) is 1.91. The number of rotatable bonds is 14. The lowest BCUT2D eigenvalue weighted by Gasteiger charge is -2.35. The summed E-state index contributed by atoms with van der Waals surface area (Å²) < 4.78 is 22.5. The van der Waals surface area contributed by atoms with Crippen LogP contribution in [-0.4, -0.2) is 122 Å². The number of hydrogen-bond acceptors (Lipinski definition) is 11. The van der Waals surface area contributed by atoms with E-state index in [2.05, 4.69) is 33.0 Å². The van der Waals surface area contributed by atoms with Gasteiger partial charge in [-0.1, -0.05) is 35.9 Å². The first kappa shape index (κ1) is 48.5. The van der Waals surface area contributed by atoms with Crippen LogP contribution in [0.4, 0.5) is 0 Å². The van der Waals surface area contributed by atoms with E-state index in [1.807, 2.05) is 58.5 Å². The molecule has 9 rings (SSSR count). The van der Waals surface area contributed by atoms with Crippen molar-refractivity contribution in [2.45, 2.75) is 104 Å². The molecule has 1 unspecified atom stereocenters. The number of halogens is 1. The van der Waals surface area contributed by atoms with Crippen molar-refractivity contribution < 1.29 is 43.0 Å². The van der Waals surface area contributed by atoms with Crippen molar-refractivity contribution >= 4 is 58.0 Å². The molecule has 368 valence electrons. The van der Waals surface area contributed by atoms with Gasteiger partial charge in [0.1, 0.15) is 28.8 Å². The monoisotopic (exact) mass is 973 g/mol. The fourth-order valence-corrected chi connectivity index (χ4v) is 10.8. The summed E-state index contributed by atoms with van der Waals surface area (Å²) in [5, 5.41) is 8.41. The Bertz CT molecular complexity index is 2940. The number of nitrogens with zero attached hydrogens (tertiary/aromatic N) is 6. The van der Waals surface area contributed by atoms with Gasteiger partial charge in [0, 0.05) is 74.9 Å². The van der Waals surface area contributed by atoms with Crippen LogP contribution in [0.15, 0.2) is 48.5 Å². The van der Waals surface area contributed by atoms with Crippen molar-refractivity contribution in [2.24, 2.45) is 7.05 Å². The Balaban J connectivity index is 0.935. The van der Waals surface area contributed by atoms with Crippen LogP contribution in [0.1, 0.15) is 112 Å². The van der Waals surface area contributed by atoms with E-state index in [4.69, 9.17) is 30.9 Å². The molecule has 2 saturated heterocycles. The number of benzene rings is 3. The molecule has 2 fully saturated rings. The Morgan fingerprint density at radius 3 is 2.31 bits per heavy atom. The van der Waals surface area contributed by atoms with Gasteiger partial charge >= 0.3 is 5.97 Å². The van der Waals surface area contributed by atoms with Gasteiger partial charge in [-0.15, -0.1) is 0 Å². The van der Waals surface area contributed by atoms with Crippen molar-refractivity contribution in [1.29, 1.82) is 0 Å². The molecule has 1 atom stereocenters. The lowest BCUT2D eigenvalue weighted by atomic mass is 9.91. The van der Waals surface area contributed by atoms with E-state index in [0.29, 0.717) is 69.4 Å². The zero-order valence-corrected chi connectivity index (χ0v) is 41.5. The molecule has 0 spiro atoms. The van der Waals surface area contributed by atoms with Crippen molar-refractivity contribution in [3.63, 3.8) is 0 Å². The number of carbonyl (C=O) groups excluding carboxylic acids is 6. The zero-order chi connectivity index (χ0) is 49.6. The van der Waals surface area contributed by atoms with Crippen molar-refractivity contribution in [2.75, 3.05) is 45.9 Å². The maximum absolute atomic E-state index is 14.6. The van der Waals surface area contributed by atoms with E-state index in [1.165, 1.54) is 29.7 Å². The fraction of sp³-hybridized carbons (Fsp3) is 0.453. The van der Waals surface area contributed by atoms with Gasteiger partial charge in [0.2, 0.25) is 11.8 Å². The Kier molecular flexibility index (Phi) is 13.7. The fourth-order valence-electron chi connectivity index (χ4n) is 10.5. The predicted molar refractivity (Wildman–Crippen MR) is 262 cm³/mol. The average Bonchev–Trinajstić information content (AvgIpc) is 3.88. The van der Waals surface area contributed by atoms with E-state index in [1.54, 1.807) is 11.0 Å². The minimum absolute atomic E-state index is 0.000796. The molecule has 0 radical (unpaired) electrons. The predicted octanol–water partition coefficient (Wildman–Crippen LogP) is 6.78. The Hall–Kier alpha value is -6.52. The lowest BCUT2D eigenvalue weighted by molar-refractivity contribution is -0.136. The third-order valence-electron chi connectivity index (χ3n) is 14.0.